The summed E-state index contributed by atoms with van der Waals surface area (Å²) in [6, 6.07) is 14.6. The van der Waals surface area contributed by atoms with Gasteiger partial charge in [-0.25, -0.2) is 0 Å². The Balaban J connectivity index is 1.95. The van der Waals surface area contributed by atoms with E-state index in [1.165, 1.54) is 0 Å². The van der Waals surface area contributed by atoms with Crippen LogP contribution in [-0.4, -0.2) is 36.1 Å². The van der Waals surface area contributed by atoms with Crippen LogP contribution in [0.2, 0.25) is 5.02 Å². The zero-order chi connectivity index (χ0) is 19.4. The molecule has 3 rings (SSSR count). The topological polar surface area (TPSA) is 62.4 Å². The fourth-order valence-electron chi connectivity index (χ4n) is 2.94. The highest BCUT2D eigenvalue weighted by atomic mass is 35.5. The molecular weight excluding hydrogens is 364 g/mol. The van der Waals surface area contributed by atoms with Crippen LogP contribution in [0.15, 0.2) is 53.3 Å². The minimum absolute atomic E-state index is 0.173. The van der Waals surface area contributed by atoms with Crippen LogP contribution in [0.3, 0.4) is 0 Å². The molecule has 0 saturated heterocycles. The Labute approximate surface area is 162 Å². The molecule has 27 heavy (non-hydrogen) atoms. The lowest BCUT2D eigenvalue weighted by molar-refractivity contribution is 0.0680. The summed E-state index contributed by atoms with van der Waals surface area (Å²) in [5, 5.41) is 1.31. The van der Waals surface area contributed by atoms with Crippen molar-refractivity contribution in [3.63, 3.8) is 0 Å². The first-order valence-corrected chi connectivity index (χ1v) is 9.02. The first-order valence-electron chi connectivity index (χ1n) is 8.65. The molecule has 140 valence electrons. The Morgan fingerprint density at radius 2 is 1.96 bits per heavy atom. The van der Waals surface area contributed by atoms with Gasteiger partial charge in [0, 0.05) is 24.7 Å². The average Bonchev–Trinajstić information content (AvgIpc) is 2.65. The molecule has 0 radical (unpaired) electrons. The molecule has 1 heterocycles. The molecule has 1 N–H and O–H groups in total. The third kappa shape index (κ3) is 4.38. The number of ether oxygens (including phenoxy) is 1. The first-order chi connectivity index (χ1) is 13.0. The van der Waals surface area contributed by atoms with Crippen molar-refractivity contribution in [2.45, 2.75) is 13.5 Å². The molecule has 1 aromatic heterocycles. The van der Waals surface area contributed by atoms with E-state index in [0.29, 0.717) is 29.3 Å². The summed E-state index contributed by atoms with van der Waals surface area (Å²) in [5.41, 5.74) is 2.57. The SMILES string of the molecule is COCCN(Cc1cc2ccc(C)cc2[nH]c1=O)C(=O)c1ccccc1Cl. The number of aromatic nitrogens is 1. The summed E-state index contributed by atoms with van der Waals surface area (Å²) in [4.78, 5) is 30.0. The summed E-state index contributed by atoms with van der Waals surface area (Å²) in [6.07, 6.45) is 0. The largest absolute Gasteiger partial charge is 0.383 e. The maximum atomic E-state index is 13.0. The Bertz CT molecular complexity index is 1030. The number of benzene rings is 2. The van der Waals surface area contributed by atoms with E-state index in [2.05, 4.69) is 4.98 Å². The van der Waals surface area contributed by atoms with E-state index >= 15 is 0 Å². The van der Waals surface area contributed by atoms with E-state index in [1.54, 1.807) is 36.3 Å². The minimum Gasteiger partial charge on any atom is -0.383 e. The highest BCUT2D eigenvalue weighted by Crippen LogP contribution is 2.19. The fourth-order valence-corrected chi connectivity index (χ4v) is 3.16. The molecule has 0 aliphatic rings. The second-order valence-corrected chi connectivity index (χ2v) is 6.82. The van der Waals surface area contributed by atoms with Gasteiger partial charge in [0.2, 0.25) is 0 Å². The predicted octanol–water partition coefficient (Wildman–Crippen LogP) is 3.78. The molecule has 0 spiro atoms. The lowest BCUT2D eigenvalue weighted by Gasteiger charge is -2.23. The number of hydrogen-bond acceptors (Lipinski definition) is 3. The van der Waals surface area contributed by atoms with Crippen molar-refractivity contribution in [1.29, 1.82) is 0 Å². The standard InChI is InChI=1S/C21H21ClN2O3/c1-14-7-8-15-12-16(20(25)23-19(15)11-14)13-24(9-10-27-2)21(26)17-5-3-4-6-18(17)22/h3-8,11-12H,9-10,13H2,1-2H3,(H,23,25). The monoisotopic (exact) mass is 384 g/mol. The van der Waals surface area contributed by atoms with E-state index in [1.807, 2.05) is 31.2 Å². The van der Waals surface area contributed by atoms with Crippen LogP contribution in [0.1, 0.15) is 21.5 Å². The molecule has 0 fully saturated rings. The minimum atomic E-state index is -0.235. The number of hydrogen-bond donors (Lipinski definition) is 1. The van der Waals surface area contributed by atoms with Crippen LogP contribution in [0.4, 0.5) is 0 Å². The third-order valence-corrected chi connectivity index (χ3v) is 4.73. The van der Waals surface area contributed by atoms with Crippen molar-refractivity contribution < 1.29 is 9.53 Å². The van der Waals surface area contributed by atoms with E-state index in [-0.39, 0.29) is 18.0 Å². The lowest BCUT2D eigenvalue weighted by Crippen LogP contribution is -2.35. The number of methoxy groups -OCH3 is 1. The lowest BCUT2D eigenvalue weighted by atomic mass is 10.1. The van der Waals surface area contributed by atoms with Crippen molar-refractivity contribution >= 4 is 28.4 Å². The number of nitrogens with zero attached hydrogens (tertiary/aromatic N) is 1. The average molecular weight is 385 g/mol. The summed E-state index contributed by atoms with van der Waals surface area (Å²) >= 11 is 6.18. The number of halogens is 1. The number of rotatable bonds is 6. The number of pyridine rings is 1. The number of fused-ring (bicyclic) bond motifs is 1. The highest BCUT2D eigenvalue weighted by molar-refractivity contribution is 6.33. The van der Waals surface area contributed by atoms with Crippen LogP contribution in [0.25, 0.3) is 10.9 Å². The molecule has 2 aromatic carbocycles. The maximum absolute atomic E-state index is 13.0. The molecule has 0 aliphatic heterocycles. The van der Waals surface area contributed by atoms with Crippen LogP contribution < -0.4 is 5.56 Å². The first kappa shape index (κ1) is 19.1. The van der Waals surface area contributed by atoms with Crippen LogP contribution in [-0.2, 0) is 11.3 Å². The Morgan fingerprint density at radius 3 is 2.70 bits per heavy atom. The van der Waals surface area contributed by atoms with Gasteiger partial charge in [0.1, 0.15) is 0 Å². The van der Waals surface area contributed by atoms with Crippen molar-refractivity contribution in [2.75, 3.05) is 20.3 Å². The van der Waals surface area contributed by atoms with Gasteiger partial charge in [0.05, 0.1) is 23.7 Å². The van der Waals surface area contributed by atoms with Gasteiger partial charge in [-0.15, -0.1) is 0 Å². The van der Waals surface area contributed by atoms with Gasteiger partial charge in [-0.05, 0) is 42.1 Å². The second-order valence-electron chi connectivity index (χ2n) is 6.41. The quantitative estimate of drug-likeness (QED) is 0.703. The Morgan fingerprint density at radius 1 is 1.19 bits per heavy atom. The molecule has 0 unspecified atom stereocenters. The van der Waals surface area contributed by atoms with Gasteiger partial charge in [-0.3, -0.25) is 9.59 Å². The van der Waals surface area contributed by atoms with E-state index < -0.39 is 0 Å². The smallest absolute Gasteiger partial charge is 0.255 e. The van der Waals surface area contributed by atoms with Crippen molar-refractivity contribution in [1.82, 2.24) is 9.88 Å². The van der Waals surface area contributed by atoms with E-state index in [4.69, 9.17) is 16.3 Å². The number of aryl methyl sites for hydroxylation is 1. The van der Waals surface area contributed by atoms with Gasteiger partial charge in [0.25, 0.3) is 11.5 Å². The number of nitrogens with one attached hydrogen (secondary N) is 1. The molecule has 5 nitrogen and oxygen atoms in total. The third-order valence-electron chi connectivity index (χ3n) is 4.40. The van der Waals surface area contributed by atoms with Gasteiger partial charge in [-0.2, -0.15) is 0 Å². The Hall–Kier alpha value is -2.63. The summed E-state index contributed by atoms with van der Waals surface area (Å²) in [5.74, 6) is -0.235. The van der Waals surface area contributed by atoms with Gasteiger partial charge < -0.3 is 14.6 Å². The van der Waals surface area contributed by atoms with Gasteiger partial charge in [-0.1, -0.05) is 35.9 Å². The maximum Gasteiger partial charge on any atom is 0.255 e. The molecule has 6 heteroatoms. The fraction of sp³-hybridized carbons (Fsp3) is 0.238. The second kappa shape index (κ2) is 8.37. The van der Waals surface area contributed by atoms with Crippen LogP contribution in [0, 0.1) is 6.92 Å². The molecule has 0 saturated carbocycles. The van der Waals surface area contributed by atoms with Gasteiger partial charge in [0.15, 0.2) is 0 Å². The normalized spacial score (nSPS) is 10.9. The van der Waals surface area contributed by atoms with Crippen molar-refractivity contribution in [3.05, 3.63) is 80.6 Å². The van der Waals surface area contributed by atoms with Crippen molar-refractivity contribution in [3.8, 4) is 0 Å². The zero-order valence-corrected chi connectivity index (χ0v) is 16.0. The summed E-state index contributed by atoms with van der Waals surface area (Å²) in [7, 11) is 1.57. The number of amides is 1. The van der Waals surface area contributed by atoms with Gasteiger partial charge >= 0.3 is 0 Å². The van der Waals surface area contributed by atoms with Crippen LogP contribution in [0.5, 0.6) is 0 Å². The molecule has 3 aromatic rings. The molecule has 1 amide bonds. The van der Waals surface area contributed by atoms with E-state index in [0.717, 1.165) is 16.5 Å². The highest BCUT2D eigenvalue weighted by Gasteiger charge is 2.19. The molecular formula is C21H21ClN2O3. The number of carbonyl (C=O) groups excluding carboxylic acids is 1. The summed E-state index contributed by atoms with van der Waals surface area (Å²) < 4.78 is 5.13. The number of carbonyl (C=O) groups is 1. The number of aromatic amines is 1. The molecule has 0 atom stereocenters. The zero-order valence-electron chi connectivity index (χ0n) is 15.3. The van der Waals surface area contributed by atoms with Crippen molar-refractivity contribution in [2.24, 2.45) is 0 Å². The van der Waals surface area contributed by atoms with Crippen LogP contribution >= 0.6 is 11.6 Å². The summed E-state index contributed by atoms with van der Waals surface area (Å²) in [6.45, 7) is 2.86. The predicted molar refractivity (Wildman–Crippen MR) is 107 cm³/mol. The Kier molecular flexibility index (Phi) is 5.94. The molecule has 0 bridgehead atoms. The van der Waals surface area contributed by atoms with E-state index in [9.17, 15) is 9.59 Å². The molecule has 0 aliphatic carbocycles. The number of H-pyrrole nitrogens is 1.